The normalized spacial score (nSPS) is 15.3. The molecule has 0 radical (unpaired) electrons. The molecule has 9 rings (SSSR count). The lowest BCUT2D eigenvalue weighted by Gasteiger charge is -2.28. The number of rotatable bonds is 36. The lowest BCUT2D eigenvalue weighted by atomic mass is 9.86. The molecular formula is C87H133Br5N10O18S7. The zero-order valence-electron chi connectivity index (χ0n) is 76.0. The smallest absolute Gasteiger partial charge is 0.407 e. The number of benzene rings is 5. The van der Waals surface area contributed by atoms with E-state index in [9.17, 15) is 51.7 Å². The zero-order chi connectivity index (χ0) is 95.6. The summed E-state index contributed by atoms with van der Waals surface area (Å²) < 4.78 is 163. The fourth-order valence-electron chi connectivity index (χ4n) is 11.8. The van der Waals surface area contributed by atoms with Crippen LogP contribution in [-0.4, -0.2) is 152 Å². The van der Waals surface area contributed by atoms with Crippen LogP contribution in [0.5, 0.6) is 23.0 Å². The number of aryl methyl sites for hydroxylation is 1. The number of thiazole rings is 2. The van der Waals surface area contributed by atoms with E-state index < -0.39 is 50.1 Å². The van der Waals surface area contributed by atoms with E-state index in [4.69, 9.17) is 34.5 Å². The molecule has 0 unspecified atom stereocenters. The van der Waals surface area contributed by atoms with Gasteiger partial charge < -0.3 is 45.2 Å². The number of anilines is 1. The minimum Gasteiger partial charge on any atom is -0.508 e. The SMILES string of the molecule is CC(C)CCBr.CC(C)OC(=O)NC1CCC(c2ncc(Br)s2)CC1.CCNS(=O)(=O)c1cc(N)ccc1Br.CCNS(=O)(=O)c1cc(O)ccc1Br.CCNS(=O)(=O)c1cc(OCCC(C)C)ccc1-c1cnc(C2CCC(NC(=O)OC(C)C)CC2)s1.CCNS(=O)(=O)c1cc(OCCC(C)C)ccc1Br.CCNS(=O)(=O)c1cc(OCCC(C)C)ccc1C. The Hall–Kier alpha value is -5.15. The number of alkyl carbamates (subject to hydrolysis) is 2. The van der Waals surface area contributed by atoms with Crippen LogP contribution in [0.15, 0.2) is 145 Å². The monoisotopic (exact) mass is 2220 g/mol. The fourth-order valence-corrected chi connectivity index (χ4v) is 24.0. The summed E-state index contributed by atoms with van der Waals surface area (Å²) >= 11 is 19.6. The summed E-state index contributed by atoms with van der Waals surface area (Å²) in [5, 5.41) is 18.4. The van der Waals surface area contributed by atoms with Gasteiger partial charge in [0.05, 0.1) is 81.4 Å². The average Bonchev–Trinajstić information content (AvgIpc) is 1.75. The number of alkyl halides is 1. The van der Waals surface area contributed by atoms with Gasteiger partial charge in [0.1, 0.15) is 23.0 Å². The Morgan fingerprint density at radius 3 is 1.16 bits per heavy atom. The number of amides is 2. The average molecular weight is 2230 g/mol. The predicted molar refractivity (Wildman–Crippen MR) is 529 cm³/mol. The van der Waals surface area contributed by atoms with Gasteiger partial charge in [-0.1, -0.05) is 112 Å². The minimum absolute atomic E-state index is 0.0411. The van der Waals surface area contributed by atoms with E-state index in [0.717, 1.165) is 101 Å². The molecular weight excluding hydrogens is 2100 g/mol. The first kappa shape index (κ1) is 116. The standard InChI is InChI=1S/C26H39N3O5S2.C14H23NO3S.C13H19BrN2O2S.C13H20BrNO3S.C8H11BrN2O2S.C8H10BrNO3S.C5H11Br/c1-6-28-36(31,32)24-15-21(33-14-13-17(2)3)11-12-22(24)23-16-27-25(35-23)19-7-9-20(10-8-19)29-26(30)34-18(4)5;1-5-15-19(16,17)14-10-13(7-6-12(14)4)18-9-8-11(2)3;1-8(2)18-13(17)16-10-5-3-9(4-6-10)12-15-7-11(14)19-12;1-4-15-19(16,17)13-9-11(5-6-12(13)14)18-8-7-10(2)3;1-2-11-14(12,13)8-5-6(10)3-4-7(8)9;1-2-10-14(12,13)8-5-6(11)3-4-7(8)9;1-5(2)3-4-6/h11-12,15-20,28H,6-10,13-14H2,1-5H3,(H,29,30);6-7,10-11,15H,5,8-9H2,1-4H3;7-10H,3-6H2,1-2H3,(H,16,17);5-6,9-10,15H,4,7-8H2,1-3H3;3-5,11H,2,10H2,1H3;3-5,10-11H,2H2,1H3;5H,3-4H2,1-2H3. The number of sulfonamides is 5. The molecule has 2 aliphatic rings. The second kappa shape index (κ2) is 58.8. The number of nitrogens with one attached hydrogen (secondary N) is 7. The van der Waals surface area contributed by atoms with Crippen LogP contribution in [0.3, 0.4) is 0 Å². The van der Waals surface area contributed by atoms with Crippen LogP contribution in [0.4, 0.5) is 15.3 Å². The molecule has 716 valence electrons. The minimum atomic E-state index is -3.70. The molecule has 0 bridgehead atoms. The molecule has 2 fully saturated rings. The van der Waals surface area contributed by atoms with Crippen molar-refractivity contribution in [2.75, 3.05) is 63.6 Å². The van der Waals surface area contributed by atoms with Crippen molar-refractivity contribution in [1.29, 1.82) is 0 Å². The Kier molecular flexibility index (Phi) is 53.7. The molecule has 2 aromatic heterocycles. The van der Waals surface area contributed by atoms with E-state index in [2.05, 4.69) is 179 Å². The van der Waals surface area contributed by atoms with Crippen LogP contribution in [0.1, 0.15) is 222 Å². The molecule has 10 N–H and O–H groups in total. The Bertz CT molecular complexity index is 4900. The lowest BCUT2D eigenvalue weighted by Crippen LogP contribution is -2.38. The highest BCUT2D eigenvalue weighted by Crippen LogP contribution is 2.42. The summed E-state index contributed by atoms with van der Waals surface area (Å²) in [6, 6.07) is 24.5. The number of nitrogens with two attached hydrogens (primary N) is 1. The van der Waals surface area contributed by atoms with Crippen LogP contribution in [0.25, 0.3) is 10.4 Å². The van der Waals surface area contributed by atoms with Gasteiger partial charge in [0, 0.05) is 117 Å². The van der Waals surface area contributed by atoms with E-state index >= 15 is 0 Å². The second-order valence-electron chi connectivity index (χ2n) is 31.8. The van der Waals surface area contributed by atoms with E-state index in [1.807, 2.05) is 46.0 Å². The molecule has 2 heterocycles. The number of phenolic OH excluding ortho intramolecular Hbond substituents is 1. The van der Waals surface area contributed by atoms with Gasteiger partial charge in [-0.15, -0.1) is 22.7 Å². The maximum absolute atomic E-state index is 13.0. The van der Waals surface area contributed by atoms with Crippen molar-refractivity contribution in [2.45, 2.75) is 262 Å². The van der Waals surface area contributed by atoms with Gasteiger partial charge in [0.25, 0.3) is 0 Å². The van der Waals surface area contributed by atoms with Gasteiger partial charge >= 0.3 is 12.2 Å². The van der Waals surface area contributed by atoms with Crippen molar-refractivity contribution < 1.29 is 80.5 Å². The molecule has 28 nitrogen and oxygen atoms in total. The summed E-state index contributed by atoms with van der Waals surface area (Å²) in [5.74, 6) is 4.94. The van der Waals surface area contributed by atoms with Gasteiger partial charge in [0.2, 0.25) is 50.1 Å². The highest BCUT2D eigenvalue weighted by molar-refractivity contribution is 9.11. The van der Waals surface area contributed by atoms with E-state index in [1.165, 1.54) is 47.0 Å². The van der Waals surface area contributed by atoms with Crippen molar-refractivity contribution in [2.24, 2.45) is 23.7 Å². The maximum Gasteiger partial charge on any atom is 0.407 e. The number of aromatic nitrogens is 2. The summed E-state index contributed by atoms with van der Waals surface area (Å²) in [6.45, 7) is 38.4. The second-order valence-corrected chi connectivity index (χ2v) is 47.3. The van der Waals surface area contributed by atoms with Gasteiger partial charge in [-0.25, -0.2) is 85.3 Å². The molecule has 5 aromatic carbocycles. The molecule has 0 atom stereocenters. The van der Waals surface area contributed by atoms with Crippen molar-refractivity contribution >= 4 is 170 Å². The number of phenols is 1. The first-order valence-electron chi connectivity index (χ1n) is 42.6. The highest BCUT2D eigenvalue weighted by atomic mass is 79.9. The number of aromatic hydroxyl groups is 1. The van der Waals surface area contributed by atoms with Gasteiger partial charge in [-0.05, 0) is 265 Å². The molecule has 2 aliphatic carbocycles. The predicted octanol–water partition coefficient (Wildman–Crippen LogP) is 20.9. The Morgan fingerprint density at radius 2 is 0.780 bits per heavy atom. The first-order valence-corrected chi connectivity index (χ1v) is 55.9. The molecule has 7 aromatic rings. The van der Waals surface area contributed by atoms with Crippen LogP contribution in [0.2, 0.25) is 0 Å². The number of nitrogens with zero attached hydrogens (tertiary/aromatic N) is 2. The van der Waals surface area contributed by atoms with Gasteiger partial charge in [-0.3, -0.25) is 0 Å². The van der Waals surface area contributed by atoms with E-state index in [0.29, 0.717) is 118 Å². The summed E-state index contributed by atoms with van der Waals surface area (Å²) in [4.78, 5) is 34.2. The number of nitrogen functional groups attached to an aromatic ring is 1. The molecule has 0 aliphatic heterocycles. The van der Waals surface area contributed by atoms with Gasteiger partial charge in [0.15, 0.2) is 0 Å². The largest absolute Gasteiger partial charge is 0.508 e. The summed E-state index contributed by atoms with van der Waals surface area (Å²) in [5.41, 5.74) is 7.28. The topological polar surface area (TPSA) is 407 Å². The van der Waals surface area contributed by atoms with Crippen molar-refractivity contribution in [3.05, 3.63) is 136 Å². The Balaban J connectivity index is 0.000000401. The number of carbonyl (C=O) groups excluding carboxylic acids is 2. The van der Waals surface area contributed by atoms with E-state index in [1.54, 1.807) is 114 Å². The Labute approximate surface area is 806 Å². The third-order valence-electron chi connectivity index (χ3n) is 18.3. The molecule has 0 spiro atoms. The number of halogens is 5. The van der Waals surface area contributed by atoms with Crippen LogP contribution >= 0.6 is 102 Å². The first-order chi connectivity index (χ1) is 59.6. The molecule has 2 saturated carbocycles. The van der Waals surface area contributed by atoms with Crippen LogP contribution < -0.4 is 54.2 Å². The number of hydrogen-bond acceptors (Lipinski definition) is 23. The molecule has 127 heavy (non-hydrogen) atoms. The fraction of sp³-hybridized carbons (Fsp3) is 0.563. The summed E-state index contributed by atoms with van der Waals surface area (Å²) in [6.07, 6.45) is 14.5. The Morgan fingerprint density at radius 1 is 0.441 bits per heavy atom. The molecule has 2 amide bonds. The molecule has 40 heteroatoms. The van der Waals surface area contributed by atoms with Crippen molar-refractivity contribution in [1.82, 2.24) is 44.2 Å². The number of carbonyl (C=O) groups is 2. The molecule has 0 saturated heterocycles. The van der Waals surface area contributed by atoms with Crippen LogP contribution in [-0.2, 0) is 59.6 Å². The summed E-state index contributed by atoms with van der Waals surface area (Å²) in [7, 11) is -17.6. The maximum atomic E-state index is 13.0. The van der Waals surface area contributed by atoms with Crippen LogP contribution in [0, 0.1) is 30.6 Å². The van der Waals surface area contributed by atoms with Crippen molar-refractivity contribution in [3.63, 3.8) is 0 Å². The lowest BCUT2D eigenvalue weighted by molar-refractivity contribution is 0.108. The van der Waals surface area contributed by atoms with Gasteiger partial charge in [-0.2, -0.15) is 0 Å². The third-order valence-corrected chi connectivity index (χ3v) is 32.5. The highest BCUT2D eigenvalue weighted by Gasteiger charge is 2.30. The zero-order valence-corrected chi connectivity index (χ0v) is 89.7. The third kappa shape index (κ3) is 44.1. The van der Waals surface area contributed by atoms with E-state index in [-0.39, 0.29) is 72.6 Å². The number of ether oxygens (including phenoxy) is 5. The van der Waals surface area contributed by atoms with Crippen molar-refractivity contribution in [3.8, 4) is 33.4 Å². The number of hydrogen-bond donors (Lipinski definition) is 9. The quantitative estimate of drug-likeness (QED) is 0.0130.